The summed E-state index contributed by atoms with van der Waals surface area (Å²) in [4.78, 5) is 49.0. The lowest BCUT2D eigenvalue weighted by Gasteiger charge is -2.42. The molecule has 0 atom stereocenters. The highest BCUT2D eigenvalue weighted by Crippen LogP contribution is 2.36. The maximum Gasteiger partial charge on any atom is 0.269 e. The van der Waals surface area contributed by atoms with Crippen molar-refractivity contribution < 1.29 is 9.59 Å². The summed E-state index contributed by atoms with van der Waals surface area (Å²) in [6.07, 6.45) is 3.53. The number of aromatic nitrogens is 2. The third kappa shape index (κ3) is 2.89. The Bertz CT molecular complexity index is 1110. The van der Waals surface area contributed by atoms with E-state index in [1.165, 1.54) is 12.3 Å². The molecule has 1 amide bonds. The summed E-state index contributed by atoms with van der Waals surface area (Å²) in [5.41, 5.74) is 6.46. The number of nitrogens with two attached hydrogens (primary N) is 1. The van der Waals surface area contributed by atoms with Crippen LogP contribution in [0.3, 0.4) is 0 Å². The number of piperidine rings is 1. The van der Waals surface area contributed by atoms with Gasteiger partial charge >= 0.3 is 0 Å². The summed E-state index contributed by atoms with van der Waals surface area (Å²) in [6, 6.07) is 1.51. The van der Waals surface area contributed by atoms with Gasteiger partial charge in [0.05, 0.1) is 22.2 Å². The van der Waals surface area contributed by atoms with Crippen LogP contribution in [-0.4, -0.2) is 64.8 Å². The summed E-state index contributed by atoms with van der Waals surface area (Å²) in [6.45, 7) is 3.42. The summed E-state index contributed by atoms with van der Waals surface area (Å²) < 4.78 is 0. The highest BCUT2D eigenvalue weighted by atomic mass is 16.2. The van der Waals surface area contributed by atoms with Gasteiger partial charge in [-0.1, -0.05) is 0 Å². The zero-order valence-corrected chi connectivity index (χ0v) is 16.7. The first-order chi connectivity index (χ1) is 13.8. The molecule has 0 aromatic carbocycles. The molecular formula is C20H24N6O3. The van der Waals surface area contributed by atoms with Gasteiger partial charge in [0.1, 0.15) is 17.2 Å². The van der Waals surface area contributed by atoms with E-state index in [1.54, 1.807) is 6.92 Å². The fraction of sp³-hybridized carbons (Fsp3) is 0.400. The molecule has 2 aromatic rings. The Morgan fingerprint density at radius 3 is 2.62 bits per heavy atom. The van der Waals surface area contributed by atoms with Crippen molar-refractivity contribution in [1.29, 1.82) is 0 Å². The molecule has 1 spiro atoms. The van der Waals surface area contributed by atoms with E-state index in [4.69, 9.17) is 5.73 Å². The van der Waals surface area contributed by atoms with Gasteiger partial charge in [0.25, 0.3) is 5.91 Å². The number of pyridine rings is 2. The number of aldehydes is 1. The van der Waals surface area contributed by atoms with Crippen molar-refractivity contribution in [3.63, 3.8) is 0 Å². The van der Waals surface area contributed by atoms with Crippen LogP contribution in [0.2, 0.25) is 0 Å². The first-order valence-corrected chi connectivity index (χ1v) is 9.50. The van der Waals surface area contributed by atoms with Gasteiger partial charge in [-0.25, -0.2) is 4.98 Å². The second-order valence-electron chi connectivity index (χ2n) is 7.84. The van der Waals surface area contributed by atoms with Gasteiger partial charge in [-0.2, -0.15) is 0 Å². The Labute approximate surface area is 167 Å². The minimum absolute atomic E-state index is 0.114. The van der Waals surface area contributed by atoms with Crippen molar-refractivity contribution in [2.24, 2.45) is 0 Å². The highest BCUT2D eigenvalue weighted by molar-refractivity contribution is 6.04. The smallest absolute Gasteiger partial charge is 0.269 e. The lowest BCUT2D eigenvalue weighted by atomic mass is 9.96. The molecule has 2 aliphatic heterocycles. The number of anilines is 1. The van der Waals surface area contributed by atoms with E-state index >= 15 is 0 Å². The lowest BCUT2D eigenvalue weighted by molar-refractivity contribution is -0.117. The summed E-state index contributed by atoms with van der Waals surface area (Å²) in [5.74, 6) is 0.00766. The number of hydrogen-bond acceptors (Lipinski definition) is 7. The predicted molar refractivity (Wildman–Crippen MR) is 110 cm³/mol. The number of H-pyrrole nitrogens is 1. The second-order valence-corrected chi connectivity index (χ2v) is 7.84. The molecule has 2 saturated heterocycles. The van der Waals surface area contributed by atoms with Crippen molar-refractivity contribution >= 4 is 34.5 Å². The molecule has 4 rings (SSSR count). The van der Waals surface area contributed by atoms with E-state index in [-0.39, 0.29) is 28.4 Å². The van der Waals surface area contributed by atoms with Crippen molar-refractivity contribution in [2.75, 3.05) is 32.9 Å². The molecule has 2 aromatic heterocycles. The number of fused-ring (bicyclic) bond motifs is 1. The topological polar surface area (TPSA) is 124 Å². The van der Waals surface area contributed by atoms with Crippen molar-refractivity contribution in [2.45, 2.75) is 25.4 Å². The van der Waals surface area contributed by atoms with Crippen LogP contribution in [0.25, 0.3) is 16.5 Å². The number of nitrogens with one attached hydrogen (secondary N) is 2. The number of amides is 1. The van der Waals surface area contributed by atoms with Crippen LogP contribution in [0.1, 0.15) is 35.8 Å². The number of nitrogen functional groups attached to an aromatic ring is 1. The highest BCUT2D eigenvalue weighted by Gasteiger charge is 2.47. The van der Waals surface area contributed by atoms with E-state index in [0.29, 0.717) is 28.5 Å². The average molecular weight is 396 g/mol. The van der Waals surface area contributed by atoms with E-state index in [0.717, 1.165) is 25.9 Å². The first kappa shape index (κ1) is 19.1. The molecule has 9 heteroatoms. The Morgan fingerprint density at radius 2 is 1.97 bits per heavy atom. The predicted octanol–water partition coefficient (Wildman–Crippen LogP) is 0.532. The number of likely N-dealkylation sites (N-methyl/N-ethyl adjacent to an activating group) is 1. The average Bonchev–Trinajstić information content (AvgIpc) is 2.93. The Kier molecular flexibility index (Phi) is 4.42. The van der Waals surface area contributed by atoms with Crippen LogP contribution >= 0.6 is 0 Å². The number of allylic oxidation sites excluding steroid dienone is 1. The van der Waals surface area contributed by atoms with Crippen molar-refractivity contribution in [1.82, 2.24) is 25.1 Å². The molecule has 0 saturated carbocycles. The number of aromatic amines is 1. The van der Waals surface area contributed by atoms with Crippen molar-refractivity contribution in [3.8, 4) is 0 Å². The van der Waals surface area contributed by atoms with E-state index in [9.17, 15) is 14.4 Å². The van der Waals surface area contributed by atoms with Crippen LogP contribution in [-0.2, 0) is 4.79 Å². The summed E-state index contributed by atoms with van der Waals surface area (Å²) >= 11 is 0. The van der Waals surface area contributed by atoms with E-state index < -0.39 is 5.66 Å². The fourth-order valence-corrected chi connectivity index (χ4v) is 4.39. The van der Waals surface area contributed by atoms with Crippen LogP contribution in [0.15, 0.2) is 22.8 Å². The van der Waals surface area contributed by atoms with Crippen LogP contribution < -0.4 is 16.5 Å². The standard InChI is InChI=1S/C20H24N6O3/c1-11(17-19(29)24-20(26(17)3)4-6-25(2)7-5-20)16-14(10-27)23-13-8-15(21)22-9-12(13)18(16)28/h8-10H,4-7H2,1-3H3,(H2,21,22)(H,23,28)(H,24,29)/b17-11-. The Morgan fingerprint density at radius 1 is 1.28 bits per heavy atom. The summed E-state index contributed by atoms with van der Waals surface area (Å²) in [5, 5.41) is 3.43. The number of hydrogen-bond donors (Lipinski definition) is 3. The third-order valence-corrected chi connectivity index (χ3v) is 6.14. The Hall–Kier alpha value is -3.20. The van der Waals surface area contributed by atoms with Gasteiger partial charge < -0.3 is 25.8 Å². The fourth-order valence-electron chi connectivity index (χ4n) is 4.39. The maximum absolute atomic E-state index is 13.2. The van der Waals surface area contributed by atoms with Crippen LogP contribution in [0.5, 0.6) is 0 Å². The molecule has 152 valence electrons. The Balaban J connectivity index is 1.89. The SMILES string of the molecule is C/C(=C1\C(=O)NC2(CCN(C)CC2)N1C)c1c(C=O)[nH]c2cc(N)ncc2c1=O. The quantitative estimate of drug-likeness (QED) is 0.500. The van der Waals surface area contributed by atoms with E-state index in [1.807, 2.05) is 11.9 Å². The van der Waals surface area contributed by atoms with Gasteiger partial charge in [0, 0.05) is 45.2 Å². The van der Waals surface area contributed by atoms with Crippen LogP contribution in [0, 0.1) is 0 Å². The molecule has 0 bridgehead atoms. The molecule has 4 N–H and O–H groups in total. The number of carbonyl (C=O) groups is 2. The summed E-state index contributed by atoms with van der Waals surface area (Å²) in [7, 11) is 3.91. The maximum atomic E-state index is 13.2. The number of nitrogens with zero attached hydrogens (tertiary/aromatic N) is 3. The molecular weight excluding hydrogens is 372 g/mol. The third-order valence-electron chi connectivity index (χ3n) is 6.14. The monoisotopic (exact) mass is 396 g/mol. The van der Waals surface area contributed by atoms with Gasteiger partial charge in [-0.15, -0.1) is 0 Å². The molecule has 0 radical (unpaired) electrons. The van der Waals surface area contributed by atoms with Gasteiger partial charge in [0.15, 0.2) is 11.7 Å². The molecule has 29 heavy (non-hydrogen) atoms. The molecule has 2 aliphatic rings. The largest absolute Gasteiger partial charge is 0.384 e. The molecule has 0 unspecified atom stereocenters. The van der Waals surface area contributed by atoms with E-state index in [2.05, 4.69) is 27.2 Å². The normalized spacial score (nSPS) is 20.9. The first-order valence-electron chi connectivity index (χ1n) is 9.50. The zero-order chi connectivity index (χ0) is 20.9. The molecule has 0 aliphatic carbocycles. The number of likely N-dealkylation sites (tertiary alicyclic amines) is 1. The van der Waals surface area contributed by atoms with Crippen molar-refractivity contribution in [3.05, 3.63) is 39.4 Å². The number of rotatable bonds is 2. The van der Waals surface area contributed by atoms with Gasteiger partial charge in [-0.05, 0) is 19.5 Å². The second kappa shape index (κ2) is 6.70. The van der Waals surface area contributed by atoms with Crippen LogP contribution in [0.4, 0.5) is 5.82 Å². The molecule has 2 fully saturated rings. The van der Waals surface area contributed by atoms with Gasteiger partial charge in [0.2, 0.25) is 0 Å². The molecule has 4 heterocycles. The molecule has 9 nitrogen and oxygen atoms in total. The minimum Gasteiger partial charge on any atom is -0.384 e. The zero-order valence-electron chi connectivity index (χ0n) is 16.7. The lowest BCUT2D eigenvalue weighted by Crippen LogP contribution is -2.56. The van der Waals surface area contributed by atoms with Gasteiger partial charge in [-0.3, -0.25) is 14.4 Å². The number of carbonyl (C=O) groups excluding carboxylic acids is 2. The minimum atomic E-state index is -0.471.